The zero-order chi connectivity index (χ0) is 30.8. The van der Waals surface area contributed by atoms with Gasteiger partial charge in [-0.2, -0.15) is 0 Å². The van der Waals surface area contributed by atoms with E-state index in [-0.39, 0.29) is 40.6 Å². The van der Waals surface area contributed by atoms with Gasteiger partial charge in [0.2, 0.25) is 0 Å². The van der Waals surface area contributed by atoms with E-state index >= 15 is 0 Å². The molecule has 4 N–H and O–H groups in total. The molecule has 1 amide bonds. The number of carbonyl (C=O) groups is 5. The Labute approximate surface area is 240 Å². The molecule has 0 saturated heterocycles. The van der Waals surface area contributed by atoms with Gasteiger partial charge >= 0.3 is 30.0 Å². The van der Waals surface area contributed by atoms with Crippen molar-refractivity contribution in [3.05, 3.63) is 101 Å². The largest absolute Gasteiger partial charge is 0.480 e. The van der Waals surface area contributed by atoms with Crippen LogP contribution < -0.4 is 15.4 Å². The summed E-state index contributed by atoms with van der Waals surface area (Å²) in [6, 6.07) is 17.6. The van der Waals surface area contributed by atoms with Crippen molar-refractivity contribution in [2.75, 3.05) is 18.1 Å². The van der Waals surface area contributed by atoms with Gasteiger partial charge in [-0.1, -0.05) is 12.1 Å². The molecule has 0 atom stereocenters. The van der Waals surface area contributed by atoms with Crippen molar-refractivity contribution >= 4 is 47.6 Å². The molecule has 3 aromatic rings. The molecule has 0 radical (unpaired) electrons. The second kappa shape index (κ2) is 14.0. The number of esters is 3. The normalized spacial score (nSPS) is 10.8. The van der Waals surface area contributed by atoms with Crippen molar-refractivity contribution < 1.29 is 43.3 Å². The lowest BCUT2D eigenvalue weighted by Crippen LogP contribution is -2.37. The number of hydrogen-bond acceptors (Lipinski definition) is 9. The number of carboxylic acid groups (broad SMARTS) is 1. The summed E-state index contributed by atoms with van der Waals surface area (Å²) in [5.74, 6) is -3.43. The maximum atomic E-state index is 12.7. The number of anilines is 1. The molecule has 42 heavy (non-hydrogen) atoms. The van der Waals surface area contributed by atoms with Gasteiger partial charge in [0, 0.05) is 16.8 Å². The number of hydrogen-bond donors (Lipinski definition) is 3. The standard InChI is InChI=1S/C30H27N3O9/c1-3-40-28(37)21-8-12-23(13-9-21)33(17-25(34)35)30(39)42-27(36)18(2)16-19-4-6-22(7-5-19)29(38)41-24-14-10-20(11-15-24)26(31)32/h4-16H,3,17H2,1-2H3,(H3,31,32)(H,34,35). The number of amides is 1. The third-order valence-corrected chi connectivity index (χ3v) is 5.61. The zero-order valence-corrected chi connectivity index (χ0v) is 22.7. The Bertz CT molecular complexity index is 1530. The van der Waals surface area contributed by atoms with Gasteiger partial charge in [-0.25, -0.2) is 19.2 Å². The molecule has 3 aromatic carbocycles. The maximum Gasteiger partial charge on any atom is 0.422 e. The Kier molecular flexibility index (Phi) is 10.3. The molecular formula is C30H27N3O9. The third-order valence-electron chi connectivity index (χ3n) is 5.61. The molecule has 0 spiro atoms. The van der Waals surface area contributed by atoms with Crippen molar-refractivity contribution in [1.29, 1.82) is 5.41 Å². The summed E-state index contributed by atoms with van der Waals surface area (Å²) in [5, 5.41) is 16.7. The molecule has 0 aromatic heterocycles. The van der Waals surface area contributed by atoms with E-state index in [1.165, 1.54) is 61.5 Å². The quantitative estimate of drug-likeness (QED) is 0.0798. The van der Waals surface area contributed by atoms with Crippen LogP contribution in [-0.4, -0.2) is 54.1 Å². The summed E-state index contributed by atoms with van der Waals surface area (Å²) >= 11 is 0. The summed E-state index contributed by atoms with van der Waals surface area (Å²) in [4.78, 5) is 61.7. The molecule has 12 heteroatoms. The number of benzene rings is 3. The highest BCUT2D eigenvalue weighted by atomic mass is 16.6. The number of amidine groups is 1. The highest BCUT2D eigenvalue weighted by Crippen LogP contribution is 2.19. The first-order chi connectivity index (χ1) is 20.0. The molecule has 0 aliphatic heterocycles. The van der Waals surface area contributed by atoms with Gasteiger partial charge in [0.1, 0.15) is 18.1 Å². The second-order valence-electron chi connectivity index (χ2n) is 8.68. The van der Waals surface area contributed by atoms with E-state index in [9.17, 15) is 29.1 Å². The number of carboxylic acids is 1. The van der Waals surface area contributed by atoms with E-state index in [0.29, 0.717) is 11.1 Å². The Hall–Kier alpha value is -5.78. The summed E-state index contributed by atoms with van der Waals surface area (Å²) in [6.07, 6.45) is 0.189. The van der Waals surface area contributed by atoms with E-state index in [1.54, 1.807) is 31.2 Å². The molecule has 12 nitrogen and oxygen atoms in total. The lowest BCUT2D eigenvalue weighted by Gasteiger charge is -2.20. The van der Waals surface area contributed by atoms with Crippen molar-refractivity contribution in [3.8, 4) is 5.75 Å². The second-order valence-corrected chi connectivity index (χ2v) is 8.68. The number of rotatable bonds is 10. The van der Waals surface area contributed by atoms with Crippen LogP contribution in [0.4, 0.5) is 10.5 Å². The van der Waals surface area contributed by atoms with Crippen molar-refractivity contribution in [2.24, 2.45) is 5.73 Å². The van der Waals surface area contributed by atoms with Crippen LogP contribution in [0.3, 0.4) is 0 Å². The fourth-order valence-corrected chi connectivity index (χ4v) is 3.50. The van der Waals surface area contributed by atoms with Crippen molar-refractivity contribution in [1.82, 2.24) is 0 Å². The van der Waals surface area contributed by atoms with Gasteiger partial charge in [0.15, 0.2) is 0 Å². The van der Waals surface area contributed by atoms with E-state index in [4.69, 9.17) is 25.4 Å². The molecule has 0 unspecified atom stereocenters. The molecule has 3 rings (SSSR count). The molecule has 0 aliphatic carbocycles. The third kappa shape index (κ3) is 8.36. The van der Waals surface area contributed by atoms with E-state index in [1.807, 2.05) is 0 Å². The van der Waals surface area contributed by atoms with Crippen molar-refractivity contribution in [3.63, 3.8) is 0 Å². The van der Waals surface area contributed by atoms with Gasteiger partial charge in [0.25, 0.3) is 0 Å². The molecule has 216 valence electrons. The topological polar surface area (TPSA) is 186 Å². The molecule has 0 heterocycles. The highest BCUT2D eigenvalue weighted by Gasteiger charge is 2.24. The average molecular weight is 574 g/mol. The van der Waals surface area contributed by atoms with Crippen LogP contribution in [0.25, 0.3) is 6.08 Å². The maximum absolute atomic E-state index is 12.7. The smallest absolute Gasteiger partial charge is 0.422 e. The first-order valence-corrected chi connectivity index (χ1v) is 12.5. The molecule has 0 saturated carbocycles. The van der Waals surface area contributed by atoms with Gasteiger partial charge in [0.05, 0.1) is 17.7 Å². The minimum Gasteiger partial charge on any atom is -0.480 e. The lowest BCUT2D eigenvalue weighted by molar-refractivity contribution is -0.136. The van der Waals surface area contributed by atoms with E-state index in [2.05, 4.69) is 0 Å². The summed E-state index contributed by atoms with van der Waals surface area (Å²) < 4.78 is 15.1. The number of nitrogen functional groups attached to an aromatic ring is 1. The Morgan fingerprint density at radius 3 is 1.95 bits per heavy atom. The van der Waals surface area contributed by atoms with Crippen LogP contribution >= 0.6 is 0 Å². The summed E-state index contributed by atoms with van der Waals surface area (Å²) in [6.45, 7) is 2.42. The molecule has 0 aliphatic rings. The molecule has 0 fully saturated rings. The Morgan fingerprint density at radius 1 is 0.857 bits per heavy atom. The number of nitrogens with zero attached hydrogens (tertiary/aromatic N) is 1. The minimum atomic E-state index is -1.35. The highest BCUT2D eigenvalue weighted by molar-refractivity contribution is 6.04. The molecule has 0 bridgehead atoms. The van der Waals surface area contributed by atoms with Crippen LogP contribution in [0.5, 0.6) is 5.75 Å². The fourth-order valence-electron chi connectivity index (χ4n) is 3.50. The van der Waals surface area contributed by atoms with Gasteiger partial charge in [-0.15, -0.1) is 0 Å². The predicted molar refractivity (Wildman–Crippen MR) is 151 cm³/mol. The van der Waals surface area contributed by atoms with Crippen LogP contribution in [0.15, 0.2) is 78.4 Å². The number of nitrogens with one attached hydrogen (secondary N) is 1. The molecular weight excluding hydrogens is 546 g/mol. The SMILES string of the molecule is CCOC(=O)c1ccc(N(CC(=O)O)C(=O)OC(=O)C(C)=Cc2ccc(C(=O)Oc3ccc(C(=N)N)cc3)cc2)cc1. The first kappa shape index (κ1) is 30.8. The van der Waals surface area contributed by atoms with E-state index < -0.39 is 36.5 Å². The number of nitrogens with two attached hydrogens (primary N) is 1. The Morgan fingerprint density at radius 2 is 1.40 bits per heavy atom. The summed E-state index contributed by atoms with van der Waals surface area (Å²) in [7, 11) is 0. The van der Waals surface area contributed by atoms with Crippen molar-refractivity contribution in [2.45, 2.75) is 13.8 Å². The van der Waals surface area contributed by atoms with Crippen LogP contribution in [0.2, 0.25) is 0 Å². The van der Waals surface area contributed by atoms with Gasteiger partial charge in [-0.3, -0.25) is 15.1 Å². The number of aliphatic carboxylic acids is 1. The van der Waals surface area contributed by atoms with Gasteiger partial charge < -0.3 is 25.1 Å². The van der Waals surface area contributed by atoms with E-state index in [0.717, 1.165) is 4.90 Å². The first-order valence-electron chi connectivity index (χ1n) is 12.5. The average Bonchev–Trinajstić information content (AvgIpc) is 2.96. The van der Waals surface area contributed by atoms with Crippen LogP contribution in [0.1, 0.15) is 45.7 Å². The fraction of sp³-hybridized carbons (Fsp3) is 0.133. The van der Waals surface area contributed by atoms with Gasteiger partial charge in [-0.05, 0) is 86.2 Å². The monoisotopic (exact) mass is 573 g/mol. The predicted octanol–water partition coefficient (Wildman–Crippen LogP) is 4.02. The number of ether oxygens (including phenoxy) is 3. The van der Waals surface area contributed by atoms with Crippen LogP contribution in [0, 0.1) is 5.41 Å². The number of carbonyl (C=O) groups excluding carboxylic acids is 4. The van der Waals surface area contributed by atoms with Crippen LogP contribution in [-0.2, 0) is 19.1 Å². The lowest BCUT2D eigenvalue weighted by atomic mass is 10.1. The summed E-state index contributed by atoms with van der Waals surface area (Å²) in [5.41, 5.74) is 6.95. The zero-order valence-electron chi connectivity index (χ0n) is 22.7. The Balaban J connectivity index is 1.66. The minimum absolute atomic E-state index is 0.0252.